The zero-order valence-electron chi connectivity index (χ0n) is 11.8. The molecule has 1 aliphatic heterocycles. The van der Waals surface area contributed by atoms with Gasteiger partial charge in [0, 0.05) is 31.8 Å². The highest BCUT2D eigenvalue weighted by Crippen LogP contribution is 2.19. The van der Waals surface area contributed by atoms with E-state index in [2.05, 4.69) is 30.3 Å². The van der Waals surface area contributed by atoms with Crippen molar-refractivity contribution in [2.75, 3.05) is 13.2 Å². The van der Waals surface area contributed by atoms with E-state index in [-0.39, 0.29) is 0 Å². The topological polar surface area (TPSA) is 39.1 Å². The molecule has 2 unspecified atom stereocenters. The van der Waals surface area contributed by atoms with E-state index in [1.165, 1.54) is 24.2 Å². The second kappa shape index (κ2) is 6.34. The van der Waals surface area contributed by atoms with E-state index in [1.807, 2.05) is 11.7 Å². The quantitative estimate of drug-likeness (QED) is 0.836. The van der Waals surface area contributed by atoms with Crippen LogP contribution in [0.1, 0.15) is 38.1 Å². The summed E-state index contributed by atoms with van der Waals surface area (Å²) in [4.78, 5) is 0. The van der Waals surface area contributed by atoms with Gasteiger partial charge < -0.3 is 10.1 Å². The fourth-order valence-corrected chi connectivity index (χ4v) is 2.68. The van der Waals surface area contributed by atoms with E-state index in [1.54, 1.807) is 0 Å². The number of hydrogen-bond acceptors (Lipinski definition) is 3. The van der Waals surface area contributed by atoms with Gasteiger partial charge in [0.1, 0.15) is 0 Å². The van der Waals surface area contributed by atoms with Crippen LogP contribution in [-0.4, -0.2) is 35.1 Å². The van der Waals surface area contributed by atoms with E-state index in [0.717, 1.165) is 26.0 Å². The third kappa shape index (κ3) is 3.12. The van der Waals surface area contributed by atoms with Crippen LogP contribution in [0.3, 0.4) is 0 Å². The van der Waals surface area contributed by atoms with Crippen LogP contribution in [-0.2, 0) is 24.6 Å². The maximum Gasteiger partial charge on any atom is 0.0732 e. The first-order valence-corrected chi connectivity index (χ1v) is 7.11. The first kappa shape index (κ1) is 13.6. The number of nitrogens with zero attached hydrogens (tertiary/aromatic N) is 2. The molecular weight excluding hydrogens is 226 g/mol. The molecule has 0 amide bonds. The maximum absolute atomic E-state index is 5.82. The lowest BCUT2D eigenvalue weighted by Crippen LogP contribution is -2.41. The van der Waals surface area contributed by atoms with Crippen LogP contribution < -0.4 is 5.32 Å². The molecule has 2 rings (SSSR count). The molecule has 0 bridgehead atoms. The molecule has 1 fully saturated rings. The van der Waals surface area contributed by atoms with E-state index in [9.17, 15) is 0 Å². The van der Waals surface area contributed by atoms with E-state index >= 15 is 0 Å². The molecule has 2 heterocycles. The van der Waals surface area contributed by atoms with Crippen molar-refractivity contribution in [2.45, 2.75) is 51.7 Å². The minimum Gasteiger partial charge on any atom is -0.377 e. The lowest BCUT2D eigenvalue weighted by atomic mass is 10.0. The predicted molar refractivity (Wildman–Crippen MR) is 72.7 cm³/mol. The molecule has 18 heavy (non-hydrogen) atoms. The molecule has 1 aliphatic rings. The van der Waals surface area contributed by atoms with Crippen molar-refractivity contribution >= 4 is 0 Å². The van der Waals surface area contributed by atoms with Gasteiger partial charge in [0.25, 0.3) is 0 Å². The summed E-state index contributed by atoms with van der Waals surface area (Å²) < 4.78 is 7.83. The molecule has 4 heteroatoms. The first-order chi connectivity index (χ1) is 8.74. The second-order valence-electron chi connectivity index (χ2n) is 5.02. The average molecular weight is 251 g/mol. The Morgan fingerprint density at radius 1 is 1.56 bits per heavy atom. The Morgan fingerprint density at radius 3 is 2.94 bits per heavy atom. The molecule has 102 valence electrons. The predicted octanol–water partition coefficient (Wildman–Crippen LogP) is 1.68. The molecule has 1 saturated heterocycles. The van der Waals surface area contributed by atoms with Gasteiger partial charge in [-0.1, -0.05) is 13.8 Å². The Bertz CT molecular complexity index is 369. The zero-order valence-corrected chi connectivity index (χ0v) is 11.8. The van der Waals surface area contributed by atoms with Crippen LogP contribution in [0.15, 0.2) is 6.07 Å². The summed E-state index contributed by atoms with van der Waals surface area (Å²) in [6, 6.07) is 2.64. The van der Waals surface area contributed by atoms with E-state index in [0.29, 0.717) is 12.1 Å². The molecule has 0 aliphatic carbocycles. The smallest absolute Gasteiger partial charge is 0.0732 e. The normalized spacial score (nSPS) is 21.4. The maximum atomic E-state index is 5.82. The summed E-state index contributed by atoms with van der Waals surface area (Å²) in [7, 11) is 2.03. The lowest BCUT2D eigenvalue weighted by molar-refractivity contribution is 0.0783. The molecule has 0 spiro atoms. The second-order valence-corrected chi connectivity index (χ2v) is 5.02. The van der Waals surface area contributed by atoms with Crippen molar-refractivity contribution in [3.8, 4) is 0 Å². The van der Waals surface area contributed by atoms with Gasteiger partial charge in [-0.15, -0.1) is 0 Å². The fourth-order valence-electron chi connectivity index (χ4n) is 2.68. The average Bonchev–Trinajstić information content (AvgIpc) is 2.99. The largest absolute Gasteiger partial charge is 0.377 e. The molecule has 1 aromatic heterocycles. The van der Waals surface area contributed by atoms with E-state index < -0.39 is 0 Å². The van der Waals surface area contributed by atoms with Crippen molar-refractivity contribution < 1.29 is 4.74 Å². The van der Waals surface area contributed by atoms with Gasteiger partial charge >= 0.3 is 0 Å². The SMILES string of the molecule is CCNC(Cc1cc(CC)nn1C)C1CCCO1. The Balaban J connectivity index is 2.04. The van der Waals surface area contributed by atoms with Crippen LogP contribution in [0.5, 0.6) is 0 Å². The standard InChI is InChI=1S/C14H25N3O/c1-4-11-9-12(17(3)16-11)10-13(15-5-2)14-7-6-8-18-14/h9,13-15H,4-8,10H2,1-3H3. The van der Waals surface area contributed by atoms with Crippen molar-refractivity contribution in [1.82, 2.24) is 15.1 Å². The van der Waals surface area contributed by atoms with Gasteiger partial charge in [-0.05, 0) is 31.9 Å². The molecule has 0 saturated carbocycles. The Kier molecular flexibility index (Phi) is 4.78. The Labute approximate surface area is 110 Å². The number of nitrogens with one attached hydrogen (secondary N) is 1. The molecule has 0 radical (unpaired) electrons. The molecule has 1 aromatic rings. The van der Waals surface area contributed by atoms with Crippen LogP contribution in [0, 0.1) is 0 Å². The summed E-state index contributed by atoms with van der Waals surface area (Å²) in [6.45, 7) is 6.21. The third-order valence-corrected chi connectivity index (χ3v) is 3.70. The van der Waals surface area contributed by atoms with Gasteiger partial charge in [0.2, 0.25) is 0 Å². The summed E-state index contributed by atoms with van der Waals surface area (Å²) in [5, 5.41) is 8.08. The van der Waals surface area contributed by atoms with Crippen molar-refractivity contribution in [3.05, 3.63) is 17.5 Å². The van der Waals surface area contributed by atoms with Gasteiger partial charge in [0.15, 0.2) is 0 Å². The molecule has 2 atom stereocenters. The number of aryl methyl sites for hydroxylation is 2. The summed E-state index contributed by atoms with van der Waals surface area (Å²) in [6.07, 6.45) is 4.74. The lowest BCUT2D eigenvalue weighted by Gasteiger charge is -2.23. The molecule has 4 nitrogen and oxygen atoms in total. The molecule has 0 aromatic carbocycles. The Morgan fingerprint density at radius 2 is 2.39 bits per heavy atom. The highest BCUT2D eigenvalue weighted by Gasteiger charge is 2.26. The minimum absolute atomic E-state index is 0.366. The zero-order chi connectivity index (χ0) is 13.0. The number of likely N-dealkylation sites (N-methyl/N-ethyl adjacent to an activating group) is 1. The minimum atomic E-state index is 0.366. The summed E-state index contributed by atoms with van der Waals surface area (Å²) in [5.41, 5.74) is 2.48. The first-order valence-electron chi connectivity index (χ1n) is 7.11. The fraction of sp³-hybridized carbons (Fsp3) is 0.786. The van der Waals surface area contributed by atoms with Crippen LogP contribution in [0.4, 0.5) is 0 Å². The van der Waals surface area contributed by atoms with Crippen molar-refractivity contribution in [3.63, 3.8) is 0 Å². The summed E-state index contributed by atoms with van der Waals surface area (Å²) in [5.74, 6) is 0. The van der Waals surface area contributed by atoms with Gasteiger partial charge in [0.05, 0.1) is 11.8 Å². The van der Waals surface area contributed by atoms with Gasteiger partial charge in [-0.2, -0.15) is 5.10 Å². The van der Waals surface area contributed by atoms with E-state index in [4.69, 9.17) is 4.74 Å². The van der Waals surface area contributed by atoms with Gasteiger partial charge in [-0.25, -0.2) is 0 Å². The number of ether oxygens (including phenoxy) is 1. The number of aromatic nitrogens is 2. The van der Waals surface area contributed by atoms with Gasteiger partial charge in [-0.3, -0.25) is 4.68 Å². The summed E-state index contributed by atoms with van der Waals surface area (Å²) >= 11 is 0. The van der Waals surface area contributed by atoms with Crippen LogP contribution >= 0.6 is 0 Å². The van der Waals surface area contributed by atoms with Crippen LogP contribution in [0.25, 0.3) is 0 Å². The molecule has 1 N–H and O–H groups in total. The third-order valence-electron chi connectivity index (χ3n) is 3.70. The Hall–Kier alpha value is -0.870. The monoisotopic (exact) mass is 251 g/mol. The highest BCUT2D eigenvalue weighted by molar-refractivity contribution is 5.12. The number of rotatable bonds is 6. The van der Waals surface area contributed by atoms with Crippen molar-refractivity contribution in [1.29, 1.82) is 0 Å². The molecular formula is C14H25N3O. The highest BCUT2D eigenvalue weighted by atomic mass is 16.5. The van der Waals surface area contributed by atoms with Crippen LogP contribution in [0.2, 0.25) is 0 Å². The van der Waals surface area contributed by atoms with Crippen molar-refractivity contribution in [2.24, 2.45) is 7.05 Å². The number of hydrogen-bond donors (Lipinski definition) is 1.